The van der Waals surface area contributed by atoms with Crippen LogP contribution in [0, 0.1) is 0 Å². The first-order chi connectivity index (χ1) is 6.27. The third-order valence-electron chi connectivity index (χ3n) is 2.70. The van der Waals surface area contributed by atoms with Gasteiger partial charge < -0.3 is 10.6 Å². The molecule has 0 aromatic carbocycles. The van der Waals surface area contributed by atoms with Gasteiger partial charge in [-0.1, -0.05) is 6.08 Å². The van der Waals surface area contributed by atoms with Gasteiger partial charge in [0, 0.05) is 38.8 Å². The molecule has 1 heterocycles. The molecule has 1 unspecified atom stereocenters. The number of hydrogen-bond acceptors (Lipinski definition) is 3. The maximum absolute atomic E-state index is 5.73. The van der Waals surface area contributed by atoms with Gasteiger partial charge >= 0.3 is 0 Å². The summed E-state index contributed by atoms with van der Waals surface area (Å²) in [5.74, 6) is 0. The van der Waals surface area contributed by atoms with E-state index >= 15 is 0 Å². The molecule has 0 aromatic rings. The average Bonchev–Trinajstić information content (AvgIpc) is 2.16. The number of rotatable bonds is 4. The molecule has 3 heteroatoms. The molecular weight excluding hydrogens is 162 g/mol. The highest BCUT2D eigenvalue weighted by Crippen LogP contribution is 2.07. The van der Waals surface area contributed by atoms with Crippen LogP contribution in [-0.2, 0) is 0 Å². The summed E-state index contributed by atoms with van der Waals surface area (Å²) in [7, 11) is 2.16. The van der Waals surface area contributed by atoms with Crippen molar-refractivity contribution in [3.05, 3.63) is 12.7 Å². The lowest BCUT2D eigenvalue weighted by Gasteiger charge is -2.39. The van der Waals surface area contributed by atoms with Crippen LogP contribution in [0.3, 0.4) is 0 Å². The van der Waals surface area contributed by atoms with Crippen LogP contribution in [0.2, 0.25) is 0 Å². The maximum atomic E-state index is 5.73. The number of nitrogens with two attached hydrogens (primary N) is 1. The predicted molar refractivity (Wildman–Crippen MR) is 56.7 cm³/mol. The van der Waals surface area contributed by atoms with Crippen molar-refractivity contribution in [1.82, 2.24) is 9.80 Å². The average molecular weight is 183 g/mol. The Bertz CT molecular complexity index is 158. The van der Waals surface area contributed by atoms with Gasteiger partial charge in [0.05, 0.1) is 0 Å². The molecule has 1 saturated heterocycles. The van der Waals surface area contributed by atoms with Crippen LogP contribution in [0.4, 0.5) is 0 Å². The Balaban J connectivity index is 2.37. The van der Waals surface area contributed by atoms with Gasteiger partial charge in [-0.25, -0.2) is 0 Å². The van der Waals surface area contributed by atoms with E-state index in [1.54, 1.807) is 0 Å². The minimum absolute atomic E-state index is 0.540. The van der Waals surface area contributed by atoms with Crippen LogP contribution in [0.1, 0.15) is 6.42 Å². The minimum atomic E-state index is 0.540. The summed E-state index contributed by atoms with van der Waals surface area (Å²) in [6, 6.07) is 0.540. The molecule has 3 nitrogen and oxygen atoms in total. The molecule has 0 bridgehead atoms. The maximum Gasteiger partial charge on any atom is 0.0346 e. The topological polar surface area (TPSA) is 32.5 Å². The van der Waals surface area contributed by atoms with Gasteiger partial charge in [-0.15, -0.1) is 6.58 Å². The van der Waals surface area contributed by atoms with Gasteiger partial charge in [0.15, 0.2) is 0 Å². The van der Waals surface area contributed by atoms with E-state index in [0.717, 1.165) is 39.1 Å². The van der Waals surface area contributed by atoms with Crippen LogP contribution in [0.15, 0.2) is 12.7 Å². The van der Waals surface area contributed by atoms with Crippen molar-refractivity contribution in [2.24, 2.45) is 5.73 Å². The van der Waals surface area contributed by atoms with Gasteiger partial charge in [0.2, 0.25) is 0 Å². The lowest BCUT2D eigenvalue weighted by molar-refractivity contribution is 0.0962. The highest BCUT2D eigenvalue weighted by atomic mass is 15.3. The second-order valence-corrected chi connectivity index (χ2v) is 3.77. The van der Waals surface area contributed by atoms with Crippen molar-refractivity contribution >= 4 is 0 Å². The SMILES string of the molecule is C=CCCN1CCN(C)CC1CN. The first-order valence-electron chi connectivity index (χ1n) is 5.01. The number of nitrogens with zero attached hydrogens (tertiary/aromatic N) is 2. The molecular formula is C10H21N3. The monoisotopic (exact) mass is 183 g/mol. The van der Waals surface area contributed by atoms with E-state index in [2.05, 4.69) is 23.4 Å². The fourth-order valence-corrected chi connectivity index (χ4v) is 1.82. The molecule has 76 valence electrons. The fourth-order valence-electron chi connectivity index (χ4n) is 1.82. The summed E-state index contributed by atoms with van der Waals surface area (Å²) in [6.07, 6.45) is 3.05. The predicted octanol–water partition coefficient (Wildman–Crippen LogP) is 0.137. The summed E-state index contributed by atoms with van der Waals surface area (Å²) in [5, 5.41) is 0. The standard InChI is InChI=1S/C10H21N3/c1-3-4-5-13-7-6-12(2)9-10(13)8-11/h3,10H,1,4-9,11H2,2H3. The normalized spacial score (nSPS) is 26.2. The molecule has 0 radical (unpaired) electrons. The molecule has 0 aliphatic carbocycles. The third kappa shape index (κ3) is 3.10. The molecule has 13 heavy (non-hydrogen) atoms. The Morgan fingerprint density at radius 3 is 2.92 bits per heavy atom. The Kier molecular flexibility index (Phi) is 4.42. The molecule has 0 saturated carbocycles. The van der Waals surface area contributed by atoms with Crippen LogP contribution in [0.25, 0.3) is 0 Å². The zero-order valence-corrected chi connectivity index (χ0v) is 8.58. The van der Waals surface area contributed by atoms with E-state index in [9.17, 15) is 0 Å². The lowest BCUT2D eigenvalue weighted by Crippen LogP contribution is -2.54. The Morgan fingerprint density at radius 1 is 1.54 bits per heavy atom. The molecule has 1 fully saturated rings. The van der Waals surface area contributed by atoms with Gasteiger partial charge in [0.1, 0.15) is 0 Å². The van der Waals surface area contributed by atoms with Gasteiger partial charge in [-0.2, -0.15) is 0 Å². The number of piperazine rings is 1. The van der Waals surface area contributed by atoms with Gasteiger partial charge in [-0.3, -0.25) is 4.90 Å². The summed E-state index contributed by atoms with van der Waals surface area (Å²) < 4.78 is 0. The molecule has 1 atom stereocenters. The lowest BCUT2D eigenvalue weighted by atomic mass is 10.1. The summed E-state index contributed by atoms with van der Waals surface area (Å²) in [6.45, 7) is 9.03. The summed E-state index contributed by atoms with van der Waals surface area (Å²) >= 11 is 0. The van der Waals surface area contributed by atoms with E-state index in [4.69, 9.17) is 5.73 Å². The molecule has 1 aliphatic rings. The van der Waals surface area contributed by atoms with E-state index < -0.39 is 0 Å². The number of hydrogen-bond donors (Lipinski definition) is 1. The zero-order valence-electron chi connectivity index (χ0n) is 8.58. The molecule has 1 rings (SSSR count). The van der Waals surface area contributed by atoms with Crippen LogP contribution in [-0.4, -0.2) is 55.6 Å². The van der Waals surface area contributed by atoms with E-state index in [1.165, 1.54) is 0 Å². The van der Waals surface area contributed by atoms with Crippen molar-refractivity contribution in [3.63, 3.8) is 0 Å². The second kappa shape index (κ2) is 5.37. The Morgan fingerprint density at radius 2 is 2.31 bits per heavy atom. The summed E-state index contributed by atoms with van der Waals surface area (Å²) in [4.78, 5) is 4.82. The van der Waals surface area contributed by atoms with E-state index in [-0.39, 0.29) is 0 Å². The van der Waals surface area contributed by atoms with Crippen LogP contribution >= 0.6 is 0 Å². The second-order valence-electron chi connectivity index (χ2n) is 3.77. The van der Waals surface area contributed by atoms with Gasteiger partial charge in [0.25, 0.3) is 0 Å². The van der Waals surface area contributed by atoms with E-state index in [0.29, 0.717) is 6.04 Å². The Labute approximate surface area is 81.2 Å². The smallest absolute Gasteiger partial charge is 0.0346 e. The minimum Gasteiger partial charge on any atom is -0.329 e. The van der Waals surface area contributed by atoms with E-state index in [1.807, 2.05) is 6.08 Å². The summed E-state index contributed by atoms with van der Waals surface area (Å²) in [5.41, 5.74) is 5.73. The van der Waals surface area contributed by atoms with Crippen molar-refractivity contribution in [1.29, 1.82) is 0 Å². The zero-order chi connectivity index (χ0) is 9.68. The van der Waals surface area contributed by atoms with Crippen molar-refractivity contribution in [3.8, 4) is 0 Å². The first kappa shape index (κ1) is 10.7. The largest absolute Gasteiger partial charge is 0.329 e. The molecule has 1 aliphatic heterocycles. The quantitative estimate of drug-likeness (QED) is 0.629. The van der Waals surface area contributed by atoms with Crippen molar-refractivity contribution in [2.75, 3.05) is 39.8 Å². The molecule has 0 aromatic heterocycles. The highest BCUT2D eigenvalue weighted by molar-refractivity contribution is 4.82. The molecule has 2 N–H and O–H groups in total. The molecule has 0 amide bonds. The third-order valence-corrected chi connectivity index (χ3v) is 2.70. The molecule has 0 spiro atoms. The van der Waals surface area contributed by atoms with Gasteiger partial charge in [-0.05, 0) is 13.5 Å². The van der Waals surface area contributed by atoms with Crippen LogP contribution < -0.4 is 5.73 Å². The highest BCUT2D eigenvalue weighted by Gasteiger charge is 2.22. The first-order valence-corrected chi connectivity index (χ1v) is 5.01. The van der Waals surface area contributed by atoms with Crippen molar-refractivity contribution in [2.45, 2.75) is 12.5 Å². The van der Waals surface area contributed by atoms with Crippen molar-refractivity contribution < 1.29 is 0 Å². The van der Waals surface area contributed by atoms with Crippen LogP contribution in [0.5, 0.6) is 0 Å². The fraction of sp³-hybridized carbons (Fsp3) is 0.800. The Hall–Kier alpha value is -0.380. The number of likely N-dealkylation sites (N-methyl/N-ethyl adjacent to an activating group) is 1.